The summed E-state index contributed by atoms with van der Waals surface area (Å²) in [4.78, 5) is 25.2. The second-order valence-electron chi connectivity index (χ2n) is 5.87. The van der Waals surface area contributed by atoms with Gasteiger partial charge in [0.1, 0.15) is 0 Å². The summed E-state index contributed by atoms with van der Waals surface area (Å²) in [6, 6.07) is 25.3. The molecule has 0 N–H and O–H groups in total. The standard InChI is InChI=1S/C23H17ClO2/c24-21-13-11-19(12-14-21)23(26)16-20(17-7-3-1-4-8-17)15-22(25)18-9-5-2-6-10-18/h1-14,16H,15H2/b20-16-. The summed E-state index contributed by atoms with van der Waals surface area (Å²) in [5, 5.41) is 0.577. The third-order valence-electron chi connectivity index (χ3n) is 4.03. The Balaban J connectivity index is 1.92. The molecular weight excluding hydrogens is 344 g/mol. The molecule has 0 amide bonds. The van der Waals surface area contributed by atoms with E-state index in [4.69, 9.17) is 11.6 Å². The van der Waals surface area contributed by atoms with Crippen LogP contribution in [0.15, 0.2) is 91.0 Å². The van der Waals surface area contributed by atoms with E-state index in [-0.39, 0.29) is 18.0 Å². The maximum absolute atomic E-state index is 12.6. The van der Waals surface area contributed by atoms with E-state index in [0.717, 1.165) is 5.56 Å². The third-order valence-corrected chi connectivity index (χ3v) is 4.28. The molecule has 128 valence electrons. The summed E-state index contributed by atoms with van der Waals surface area (Å²) < 4.78 is 0. The van der Waals surface area contributed by atoms with Gasteiger partial charge in [0.25, 0.3) is 0 Å². The van der Waals surface area contributed by atoms with Crippen molar-refractivity contribution in [3.8, 4) is 0 Å². The summed E-state index contributed by atoms with van der Waals surface area (Å²) in [5.74, 6) is -0.175. The van der Waals surface area contributed by atoms with Gasteiger partial charge in [0.15, 0.2) is 11.6 Å². The Morgan fingerprint density at radius 3 is 1.81 bits per heavy atom. The highest BCUT2D eigenvalue weighted by Crippen LogP contribution is 2.22. The highest BCUT2D eigenvalue weighted by molar-refractivity contribution is 6.30. The number of ketones is 2. The maximum atomic E-state index is 12.6. The molecule has 0 aliphatic heterocycles. The van der Waals surface area contributed by atoms with Crippen LogP contribution in [0.25, 0.3) is 5.57 Å². The van der Waals surface area contributed by atoms with E-state index in [9.17, 15) is 9.59 Å². The van der Waals surface area contributed by atoms with Crippen molar-refractivity contribution in [1.82, 2.24) is 0 Å². The number of Topliss-reactive ketones (excluding diaryl/α,β-unsaturated/α-hetero) is 1. The fourth-order valence-corrected chi connectivity index (χ4v) is 2.77. The number of hydrogen-bond donors (Lipinski definition) is 0. The van der Waals surface area contributed by atoms with Crippen LogP contribution in [-0.2, 0) is 0 Å². The van der Waals surface area contributed by atoms with Crippen LogP contribution in [0.3, 0.4) is 0 Å². The number of carbonyl (C=O) groups excluding carboxylic acids is 2. The SMILES string of the molecule is O=C(/C=C(/CC(=O)c1ccccc1)c1ccccc1)c1ccc(Cl)cc1. The van der Waals surface area contributed by atoms with Crippen LogP contribution >= 0.6 is 11.6 Å². The zero-order valence-electron chi connectivity index (χ0n) is 14.1. The Bertz CT molecular complexity index is 927. The number of halogens is 1. The van der Waals surface area contributed by atoms with Gasteiger partial charge < -0.3 is 0 Å². The van der Waals surface area contributed by atoms with Crippen molar-refractivity contribution >= 4 is 28.7 Å². The number of carbonyl (C=O) groups is 2. The van der Waals surface area contributed by atoms with E-state index in [1.807, 2.05) is 48.5 Å². The number of allylic oxidation sites excluding steroid dienone is 2. The lowest BCUT2D eigenvalue weighted by Gasteiger charge is -2.08. The molecule has 0 unspecified atom stereocenters. The Kier molecular flexibility index (Phi) is 5.77. The van der Waals surface area contributed by atoms with Gasteiger partial charge in [0.2, 0.25) is 0 Å². The van der Waals surface area contributed by atoms with Crippen LogP contribution in [0.5, 0.6) is 0 Å². The summed E-state index contributed by atoms with van der Waals surface area (Å²) in [6.45, 7) is 0. The van der Waals surface area contributed by atoms with Crippen LogP contribution < -0.4 is 0 Å². The lowest BCUT2D eigenvalue weighted by Crippen LogP contribution is -2.03. The number of rotatable bonds is 6. The van der Waals surface area contributed by atoms with Crippen LogP contribution in [0, 0.1) is 0 Å². The van der Waals surface area contributed by atoms with Crippen molar-refractivity contribution < 1.29 is 9.59 Å². The minimum absolute atomic E-state index is 0.0235. The van der Waals surface area contributed by atoms with Crippen molar-refractivity contribution in [1.29, 1.82) is 0 Å². The molecule has 0 fully saturated rings. The first kappa shape index (κ1) is 17.8. The lowest BCUT2D eigenvalue weighted by atomic mass is 9.95. The van der Waals surface area contributed by atoms with Gasteiger partial charge in [0.05, 0.1) is 0 Å². The first-order valence-corrected chi connectivity index (χ1v) is 8.65. The Hall–Kier alpha value is -2.97. The molecule has 0 aliphatic carbocycles. The van der Waals surface area contributed by atoms with Gasteiger partial charge in [-0.3, -0.25) is 9.59 Å². The molecule has 3 aromatic carbocycles. The predicted octanol–water partition coefficient (Wildman–Crippen LogP) is 5.88. The highest BCUT2D eigenvalue weighted by atomic mass is 35.5. The minimum atomic E-state index is -0.151. The zero-order chi connectivity index (χ0) is 18.4. The summed E-state index contributed by atoms with van der Waals surface area (Å²) in [7, 11) is 0. The second-order valence-corrected chi connectivity index (χ2v) is 6.31. The van der Waals surface area contributed by atoms with E-state index < -0.39 is 0 Å². The molecule has 0 bridgehead atoms. The van der Waals surface area contributed by atoms with E-state index >= 15 is 0 Å². The van der Waals surface area contributed by atoms with E-state index in [0.29, 0.717) is 21.7 Å². The topological polar surface area (TPSA) is 34.1 Å². The average molecular weight is 361 g/mol. The number of benzene rings is 3. The molecule has 2 nitrogen and oxygen atoms in total. The third kappa shape index (κ3) is 4.56. The molecule has 0 atom stereocenters. The van der Waals surface area contributed by atoms with Crippen molar-refractivity contribution in [3.05, 3.63) is 113 Å². The fraction of sp³-hybridized carbons (Fsp3) is 0.0435. The Morgan fingerprint density at radius 1 is 0.692 bits per heavy atom. The van der Waals surface area contributed by atoms with E-state index in [1.54, 1.807) is 42.5 Å². The number of hydrogen-bond acceptors (Lipinski definition) is 2. The van der Waals surface area contributed by atoms with Crippen LogP contribution in [-0.4, -0.2) is 11.6 Å². The second kappa shape index (κ2) is 8.41. The zero-order valence-corrected chi connectivity index (χ0v) is 14.8. The van der Waals surface area contributed by atoms with Gasteiger partial charge in [-0.05, 0) is 41.5 Å². The normalized spacial score (nSPS) is 11.2. The molecule has 3 heteroatoms. The summed E-state index contributed by atoms with van der Waals surface area (Å²) >= 11 is 5.88. The first-order chi connectivity index (χ1) is 12.6. The Labute approximate surface area is 157 Å². The van der Waals surface area contributed by atoms with Crippen molar-refractivity contribution in [2.24, 2.45) is 0 Å². The maximum Gasteiger partial charge on any atom is 0.186 e. The van der Waals surface area contributed by atoms with E-state index in [1.165, 1.54) is 0 Å². The molecular formula is C23H17ClO2. The van der Waals surface area contributed by atoms with Gasteiger partial charge in [0, 0.05) is 22.6 Å². The van der Waals surface area contributed by atoms with Crippen LogP contribution in [0.4, 0.5) is 0 Å². The molecule has 0 spiro atoms. The van der Waals surface area contributed by atoms with Gasteiger partial charge in [-0.15, -0.1) is 0 Å². The van der Waals surface area contributed by atoms with E-state index in [2.05, 4.69) is 0 Å². The Morgan fingerprint density at radius 2 is 1.23 bits per heavy atom. The molecule has 0 aromatic heterocycles. The quantitative estimate of drug-likeness (QED) is 0.406. The minimum Gasteiger partial charge on any atom is -0.294 e. The molecule has 0 aliphatic rings. The largest absolute Gasteiger partial charge is 0.294 e. The van der Waals surface area contributed by atoms with Crippen LogP contribution in [0.1, 0.15) is 32.7 Å². The molecule has 0 heterocycles. The molecule has 3 rings (SSSR count). The van der Waals surface area contributed by atoms with Crippen LogP contribution in [0.2, 0.25) is 5.02 Å². The van der Waals surface area contributed by atoms with Gasteiger partial charge in [-0.2, -0.15) is 0 Å². The molecule has 26 heavy (non-hydrogen) atoms. The van der Waals surface area contributed by atoms with Crippen molar-refractivity contribution in [2.45, 2.75) is 6.42 Å². The van der Waals surface area contributed by atoms with Gasteiger partial charge in [-0.1, -0.05) is 72.3 Å². The first-order valence-electron chi connectivity index (χ1n) is 8.27. The summed E-state index contributed by atoms with van der Waals surface area (Å²) in [5.41, 5.74) is 2.72. The summed E-state index contributed by atoms with van der Waals surface area (Å²) in [6.07, 6.45) is 1.70. The fourth-order valence-electron chi connectivity index (χ4n) is 2.64. The van der Waals surface area contributed by atoms with Gasteiger partial charge in [-0.25, -0.2) is 0 Å². The molecule has 3 aromatic rings. The highest BCUT2D eigenvalue weighted by Gasteiger charge is 2.13. The molecule has 0 radical (unpaired) electrons. The van der Waals surface area contributed by atoms with Gasteiger partial charge >= 0.3 is 0 Å². The van der Waals surface area contributed by atoms with Crippen molar-refractivity contribution in [3.63, 3.8) is 0 Å². The molecule has 0 saturated heterocycles. The molecule has 0 saturated carbocycles. The monoisotopic (exact) mass is 360 g/mol. The average Bonchev–Trinajstić information content (AvgIpc) is 2.69. The van der Waals surface area contributed by atoms with Crippen molar-refractivity contribution in [2.75, 3.05) is 0 Å². The smallest absolute Gasteiger partial charge is 0.186 e. The lowest BCUT2D eigenvalue weighted by molar-refractivity contribution is 0.0998. The predicted molar refractivity (Wildman–Crippen MR) is 106 cm³/mol.